The third kappa shape index (κ3) is 5.15. The van der Waals surface area contributed by atoms with Crippen LogP contribution in [0.2, 0.25) is 0 Å². The van der Waals surface area contributed by atoms with Gasteiger partial charge in [-0.05, 0) is 56.5 Å². The van der Waals surface area contributed by atoms with Gasteiger partial charge in [0.05, 0.1) is 23.6 Å². The van der Waals surface area contributed by atoms with Crippen molar-refractivity contribution < 1.29 is 9.53 Å². The molecule has 3 heterocycles. The fourth-order valence-corrected chi connectivity index (χ4v) is 5.27. The quantitative estimate of drug-likeness (QED) is 0.212. The van der Waals surface area contributed by atoms with Gasteiger partial charge >= 0.3 is 0 Å². The molecule has 2 N–H and O–H groups in total. The van der Waals surface area contributed by atoms with Gasteiger partial charge < -0.3 is 10.1 Å². The minimum Gasteiger partial charge on any atom is -0.497 e. The number of nitrogens with one attached hydrogen (secondary N) is 2. The summed E-state index contributed by atoms with van der Waals surface area (Å²) in [4.78, 5) is 22.9. The van der Waals surface area contributed by atoms with Gasteiger partial charge in [0, 0.05) is 29.3 Å². The van der Waals surface area contributed by atoms with Crippen LogP contribution in [-0.2, 0) is 17.6 Å². The number of fused-ring (bicyclic) bond motifs is 3. The molecule has 0 radical (unpaired) electrons. The second-order valence-corrected chi connectivity index (χ2v) is 9.99. The lowest BCUT2D eigenvalue weighted by Crippen LogP contribution is -2.25. The maximum absolute atomic E-state index is 13.2. The lowest BCUT2D eigenvalue weighted by Gasteiger charge is -2.15. The highest BCUT2D eigenvalue weighted by atomic mass is 32.2. The van der Waals surface area contributed by atoms with Crippen molar-refractivity contribution in [2.24, 2.45) is 0 Å². The Labute approximate surface area is 219 Å². The molecule has 5 aromatic rings. The van der Waals surface area contributed by atoms with Gasteiger partial charge in [0.2, 0.25) is 5.91 Å². The number of nitrogens with zero attached hydrogens (tertiary/aromatic N) is 5. The summed E-state index contributed by atoms with van der Waals surface area (Å²) in [6.45, 7) is 6.02. The molecule has 0 aliphatic carbocycles. The molecule has 2 aromatic carbocycles. The highest BCUT2D eigenvalue weighted by Gasteiger charge is 2.23. The standard InChI is InChI=1S/C27H29N7O2S/c1-5-23(26(35)28-18-9-8-10-19(15-18)36-4)37-27-29-22-12-7-6-11-21(22)25-30-24(33-34(25)27)14-13-20-16(2)31-32-17(20)3/h6-12,15,23H,5,13-14H2,1-4H3,(H,28,35)(H,31,32)/t23-/m0/s1. The number of carbonyl (C=O) groups excluding carboxylic acids is 1. The fourth-order valence-electron chi connectivity index (χ4n) is 4.31. The first-order valence-corrected chi connectivity index (χ1v) is 13.1. The smallest absolute Gasteiger partial charge is 0.237 e. The number of aromatic nitrogens is 6. The summed E-state index contributed by atoms with van der Waals surface area (Å²) in [5.74, 6) is 1.32. The Bertz CT molecular complexity index is 1560. The molecule has 1 atom stereocenters. The Morgan fingerprint density at radius 1 is 1.14 bits per heavy atom. The topological polar surface area (TPSA) is 110 Å². The number of methoxy groups -OCH3 is 1. The Kier molecular flexibility index (Phi) is 7.09. The molecule has 0 spiro atoms. The van der Waals surface area contributed by atoms with Crippen LogP contribution in [0.3, 0.4) is 0 Å². The van der Waals surface area contributed by atoms with E-state index < -0.39 is 0 Å². The normalized spacial score (nSPS) is 12.2. The van der Waals surface area contributed by atoms with Gasteiger partial charge in [-0.2, -0.15) is 9.61 Å². The van der Waals surface area contributed by atoms with Crippen LogP contribution in [0.25, 0.3) is 16.6 Å². The third-order valence-corrected chi connectivity index (χ3v) is 7.63. The molecule has 190 valence electrons. The minimum atomic E-state index is -0.369. The zero-order valence-corrected chi connectivity index (χ0v) is 22.1. The number of anilines is 1. The van der Waals surface area contributed by atoms with Crippen molar-refractivity contribution in [3.05, 3.63) is 71.3 Å². The number of carbonyl (C=O) groups is 1. The van der Waals surface area contributed by atoms with Gasteiger partial charge in [0.25, 0.3) is 0 Å². The summed E-state index contributed by atoms with van der Waals surface area (Å²) in [5.41, 5.74) is 5.51. The Balaban J connectivity index is 1.45. The van der Waals surface area contributed by atoms with Crippen molar-refractivity contribution in [2.45, 2.75) is 50.4 Å². The van der Waals surface area contributed by atoms with Gasteiger partial charge in [0.15, 0.2) is 16.6 Å². The third-order valence-electron chi connectivity index (χ3n) is 6.32. The summed E-state index contributed by atoms with van der Waals surface area (Å²) in [6.07, 6.45) is 2.09. The number of hydrogen-bond acceptors (Lipinski definition) is 7. The number of para-hydroxylation sites is 1. The molecular formula is C27H29N7O2S. The number of ether oxygens (including phenoxy) is 1. The molecule has 0 fully saturated rings. The van der Waals surface area contributed by atoms with Crippen molar-refractivity contribution in [1.29, 1.82) is 0 Å². The maximum atomic E-state index is 13.2. The second kappa shape index (κ2) is 10.6. The number of thioether (sulfide) groups is 1. The van der Waals surface area contributed by atoms with Crippen LogP contribution in [-0.4, -0.2) is 48.0 Å². The molecule has 5 rings (SSSR count). The number of H-pyrrole nitrogens is 1. The average Bonchev–Trinajstić information content (AvgIpc) is 3.48. The van der Waals surface area contributed by atoms with E-state index >= 15 is 0 Å². The number of aromatic amines is 1. The van der Waals surface area contributed by atoms with E-state index in [1.165, 1.54) is 17.3 Å². The monoisotopic (exact) mass is 515 g/mol. The van der Waals surface area contributed by atoms with Crippen LogP contribution in [0.1, 0.15) is 36.1 Å². The van der Waals surface area contributed by atoms with E-state index in [1.54, 1.807) is 17.7 Å². The summed E-state index contributed by atoms with van der Waals surface area (Å²) >= 11 is 1.40. The van der Waals surface area contributed by atoms with Crippen LogP contribution >= 0.6 is 11.8 Å². The maximum Gasteiger partial charge on any atom is 0.237 e. The van der Waals surface area contributed by atoms with Gasteiger partial charge in [0.1, 0.15) is 5.75 Å². The first-order chi connectivity index (χ1) is 18.0. The number of rotatable bonds is 9. The summed E-state index contributed by atoms with van der Waals surface area (Å²) in [5, 5.41) is 16.4. The Morgan fingerprint density at radius 3 is 2.73 bits per heavy atom. The van der Waals surface area contributed by atoms with Crippen LogP contribution < -0.4 is 10.1 Å². The van der Waals surface area contributed by atoms with Crippen molar-refractivity contribution in [3.8, 4) is 5.75 Å². The number of amides is 1. The van der Waals surface area contributed by atoms with Crippen molar-refractivity contribution >= 4 is 39.9 Å². The lowest BCUT2D eigenvalue weighted by atomic mass is 10.1. The average molecular weight is 516 g/mol. The number of aryl methyl sites for hydroxylation is 3. The summed E-state index contributed by atoms with van der Waals surface area (Å²) in [6, 6.07) is 15.2. The summed E-state index contributed by atoms with van der Waals surface area (Å²) < 4.78 is 7.05. The SMILES string of the molecule is CC[C@H](Sc1nc2ccccc2c2nc(CCc3c(C)n[nH]c3C)nn12)C(=O)Nc1cccc(OC)c1. The molecule has 0 unspecified atom stereocenters. The van der Waals surface area contributed by atoms with E-state index in [4.69, 9.17) is 19.8 Å². The minimum absolute atomic E-state index is 0.102. The molecule has 0 aliphatic heterocycles. The van der Waals surface area contributed by atoms with Crippen molar-refractivity contribution in [1.82, 2.24) is 29.8 Å². The van der Waals surface area contributed by atoms with Gasteiger partial charge in [-0.1, -0.05) is 36.9 Å². The zero-order valence-electron chi connectivity index (χ0n) is 21.3. The largest absolute Gasteiger partial charge is 0.497 e. The zero-order chi connectivity index (χ0) is 25.9. The molecule has 0 bridgehead atoms. The van der Waals surface area contributed by atoms with E-state index in [9.17, 15) is 4.79 Å². The predicted molar refractivity (Wildman–Crippen MR) is 145 cm³/mol. The van der Waals surface area contributed by atoms with Crippen LogP contribution in [0.4, 0.5) is 5.69 Å². The molecule has 0 aliphatic rings. The Morgan fingerprint density at radius 2 is 1.97 bits per heavy atom. The van der Waals surface area contributed by atoms with E-state index in [1.807, 2.05) is 63.2 Å². The molecule has 1 amide bonds. The fraction of sp³-hybridized carbons (Fsp3) is 0.296. The molecule has 9 nitrogen and oxygen atoms in total. The first-order valence-electron chi connectivity index (χ1n) is 12.2. The van der Waals surface area contributed by atoms with Crippen molar-refractivity contribution in [2.75, 3.05) is 12.4 Å². The van der Waals surface area contributed by atoms with E-state index in [0.717, 1.165) is 40.2 Å². The lowest BCUT2D eigenvalue weighted by molar-refractivity contribution is -0.115. The van der Waals surface area contributed by atoms with Crippen LogP contribution in [0.5, 0.6) is 5.75 Å². The molecular weight excluding hydrogens is 486 g/mol. The number of hydrogen-bond donors (Lipinski definition) is 2. The molecule has 37 heavy (non-hydrogen) atoms. The van der Waals surface area contributed by atoms with Crippen LogP contribution in [0, 0.1) is 13.8 Å². The second-order valence-electron chi connectivity index (χ2n) is 8.82. The Hall–Kier alpha value is -3.92. The van der Waals surface area contributed by atoms with E-state index in [-0.39, 0.29) is 11.2 Å². The molecule has 3 aromatic heterocycles. The van der Waals surface area contributed by atoms with E-state index in [0.29, 0.717) is 29.4 Å². The highest BCUT2D eigenvalue weighted by Crippen LogP contribution is 2.29. The van der Waals surface area contributed by atoms with Gasteiger partial charge in [-0.15, -0.1) is 5.10 Å². The van der Waals surface area contributed by atoms with E-state index in [2.05, 4.69) is 15.5 Å². The van der Waals surface area contributed by atoms with Crippen molar-refractivity contribution in [3.63, 3.8) is 0 Å². The molecule has 10 heteroatoms. The summed E-state index contributed by atoms with van der Waals surface area (Å²) in [7, 11) is 1.60. The first kappa shape index (κ1) is 24.8. The predicted octanol–water partition coefficient (Wildman–Crippen LogP) is 4.92. The molecule has 0 saturated carbocycles. The number of benzene rings is 2. The highest BCUT2D eigenvalue weighted by molar-refractivity contribution is 8.00. The van der Waals surface area contributed by atoms with Crippen LogP contribution in [0.15, 0.2) is 53.7 Å². The van der Waals surface area contributed by atoms with Gasteiger partial charge in [-0.3, -0.25) is 9.89 Å². The van der Waals surface area contributed by atoms with Gasteiger partial charge in [-0.25, -0.2) is 9.97 Å². The molecule has 0 saturated heterocycles.